The lowest BCUT2D eigenvalue weighted by Gasteiger charge is -2.27. The van der Waals surface area contributed by atoms with Gasteiger partial charge >= 0.3 is 0 Å². The van der Waals surface area contributed by atoms with Crippen LogP contribution >= 0.6 is 11.6 Å². The Bertz CT molecular complexity index is 645. The van der Waals surface area contributed by atoms with E-state index in [-0.39, 0.29) is 5.38 Å². The molecule has 2 aromatic carbocycles. The number of hydrogen-bond acceptors (Lipinski definition) is 0. The summed E-state index contributed by atoms with van der Waals surface area (Å²) in [7, 11) is 0. The van der Waals surface area contributed by atoms with E-state index in [9.17, 15) is 0 Å². The second-order valence-corrected chi connectivity index (χ2v) is 7.23. The average molecular weight is 285 g/mol. The summed E-state index contributed by atoms with van der Waals surface area (Å²) >= 11 is 6.94. The van der Waals surface area contributed by atoms with E-state index >= 15 is 0 Å². The van der Waals surface area contributed by atoms with Gasteiger partial charge in [0.25, 0.3) is 0 Å². The van der Waals surface area contributed by atoms with Gasteiger partial charge in [-0.1, -0.05) is 42.8 Å². The number of rotatable bonds is 2. The Morgan fingerprint density at radius 1 is 1.00 bits per heavy atom. The minimum Gasteiger partial charge on any atom is -0.117 e. The zero-order chi connectivity index (χ0) is 13.7. The van der Waals surface area contributed by atoms with E-state index < -0.39 is 0 Å². The molecule has 2 fully saturated rings. The Morgan fingerprint density at radius 2 is 1.80 bits per heavy atom. The third-order valence-electron chi connectivity index (χ3n) is 5.64. The van der Waals surface area contributed by atoms with Gasteiger partial charge < -0.3 is 0 Å². The van der Waals surface area contributed by atoms with Crippen LogP contribution in [-0.4, -0.2) is 0 Å². The van der Waals surface area contributed by atoms with Crippen LogP contribution in [0.2, 0.25) is 0 Å². The molecular weight excluding hydrogens is 264 g/mol. The van der Waals surface area contributed by atoms with Crippen molar-refractivity contribution in [2.75, 3.05) is 0 Å². The zero-order valence-electron chi connectivity index (χ0n) is 12.0. The summed E-state index contributed by atoms with van der Waals surface area (Å²) in [5.41, 5.74) is 2.70. The molecule has 0 N–H and O–H groups in total. The second kappa shape index (κ2) is 4.77. The predicted octanol–water partition coefficient (Wildman–Crippen LogP) is 5.86. The summed E-state index contributed by atoms with van der Waals surface area (Å²) in [6.07, 6.45) is 5.63. The molecule has 0 amide bonds. The summed E-state index contributed by atoms with van der Waals surface area (Å²) in [6.45, 7) is 2.19. The van der Waals surface area contributed by atoms with Crippen molar-refractivity contribution in [2.45, 2.75) is 38.0 Å². The van der Waals surface area contributed by atoms with Crippen molar-refractivity contribution >= 4 is 22.4 Å². The fraction of sp³-hybridized carbons (Fsp3) is 0.474. The highest BCUT2D eigenvalue weighted by molar-refractivity contribution is 6.22. The van der Waals surface area contributed by atoms with Gasteiger partial charge in [-0.05, 0) is 65.8 Å². The minimum absolute atomic E-state index is 0.191. The van der Waals surface area contributed by atoms with Crippen molar-refractivity contribution in [3.8, 4) is 0 Å². The third-order valence-corrected chi connectivity index (χ3v) is 6.20. The van der Waals surface area contributed by atoms with Crippen molar-refractivity contribution in [1.29, 1.82) is 0 Å². The van der Waals surface area contributed by atoms with E-state index in [1.807, 2.05) is 0 Å². The molecule has 0 aromatic heterocycles. The molecule has 2 aliphatic carbocycles. The molecule has 0 saturated heterocycles. The van der Waals surface area contributed by atoms with Crippen LogP contribution in [0.1, 0.15) is 42.2 Å². The van der Waals surface area contributed by atoms with E-state index in [4.69, 9.17) is 11.6 Å². The van der Waals surface area contributed by atoms with E-state index in [1.165, 1.54) is 47.6 Å². The Balaban J connectivity index is 1.77. The summed E-state index contributed by atoms with van der Waals surface area (Å²) in [5.74, 6) is 2.53. The Kier molecular flexibility index (Phi) is 3.03. The molecule has 4 unspecified atom stereocenters. The minimum atomic E-state index is 0.191. The number of aryl methyl sites for hydroxylation is 1. The summed E-state index contributed by atoms with van der Waals surface area (Å²) in [4.78, 5) is 0. The fourth-order valence-electron chi connectivity index (χ4n) is 4.60. The Hall–Kier alpha value is -1.01. The summed E-state index contributed by atoms with van der Waals surface area (Å²) < 4.78 is 0. The smallest absolute Gasteiger partial charge is 0.0622 e. The lowest BCUT2D eigenvalue weighted by Crippen LogP contribution is -2.16. The van der Waals surface area contributed by atoms with Crippen LogP contribution in [-0.2, 0) is 0 Å². The monoisotopic (exact) mass is 284 g/mol. The van der Waals surface area contributed by atoms with Crippen LogP contribution < -0.4 is 0 Å². The van der Waals surface area contributed by atoms with Gasteiger partial charge in [0.15, 0.2) is 0 Å². The lowest BCUT2D eigenvalue weighted by atomic mass is 9.82. The summed E-state index contributed by atoms with van der Waals surface area (Å²) in [5, 5.41) is 2.91. The van der Waals surface area contributed by atoms with Gasteiger partial charge in [0, 0.05) is 0 Å². The highest BCUT2D eigenvalue weighted by Gasteiger charge is 2.43. The normalized spacial score (nSPS) is 30.0. The molecule has 2 bridgehead atoms. The number of fused-ring (bicyclic) bond motifs is 3. The molecule has 0 spiro atoms. The van der Waals surface area contributed by atoms with Crippen LogP contribution in [0, 0.1) is 24.7 Å². The van der Waals surface area contributed by atoms with Crippen molar-refractivity contribution in [2.24, 2.45) is 17.8 Å². The van der Waals surface area contributed by atoms with E-state index in [1.54, 1.807) is 0 Å². The molecule has 4 atom stereocenters. The van der Waals surface area contributed by atoms with Crippen molar-refractivity contribution in [3.63, 3.8) is 0 Å². The van der Waals surface area contributed by atoms with Gasteiger partial charge in [0.05, 0.1) is 5.38 Å². The van der Waals surface area contributed by atoms with Gasteiger partial charge in [-0.15, -0.1) is 11.6 Å². The molecule has 0 heterocycles. The van der Waals surface area contributed by atoms with E-state index in [0.29, 0.717) is 5.92 Å². The Morgan fingerprint density at radius 3 is 2.50 bits per heavy atom. The molecule has 2 aromatic rings. The summed E-state index contributed by atoms with van der Waals surface area (Å²) in [6, 6.07) is 13.2. The number of hydrogen-bond donors (Lipinski definition) is 0. The number of halogens is 1. The maximum atomic E-state index is 6.94. The average Bonchev–Trinajstić information content (AvgIpc) is 3.10. The maximum Gasteiger partial charge on any atom is 0.0622 e. The molecule has 0 aliphatic heterocycles. The number of alkyl halides is 1. The molecule has 104 valence electrons. The van der Waals surface area contributed by atoms with Crippen LogP contribution in [0.15, 0.2) is 36.4 Å². The molecule has 2 saturated carbocycles. The molecule has 20 heavy (non-hydrogen) atoms. The highest BCUT2D eigenvalue weighted by Crippen LogP contribution is 2.54. The van der Waals surface area contributed by atoms with Crippen molar-refractivity contribution < 1.29 is 0 Å². The van der Waals surface area contributed by atoms with E-state index in [2.05, 4.69) is 43.3 Å². The standard InChI is InChI=1S/C19H21Cl/c1-12-6-9-17(16-5-3-2-4-15(12)16)19(20)18-11-13-7-8-14(18)10-13/h2-6,9,13-14,18-19H,7-8,10-11H2,1H3. The number of benzene rings is 2. The van der Waals surface area contributed by atoms with Gasteiger partial charge in [-0.2, -0.15) is 0 Å². The molecule has 2 aliphatic rings. The van der Waals surface area contributed by atoms with Crippen molar-refractivity contribution in [3.05, 3.63) is 47.5 Å². The molecule has 0 nitrogen and oxygen atoms in total. The van der Waals surface area contributed by atoms with Crippen LogP contribution in [0.4, 0.5) is 0 Å². The van der Waals surface area contributed by atoms with Crippen LogP contribution in [0.5, 0.6) is 0 Å². The third kappa shape index (κ3) is 1.89. The van der Waals surface area contributed by atoms with Crippen LogP contribution in [0.3, 0.4) is 0 Å². The lowest BCUT2D eigenvalue weighted by molar-refractivity contribution is 0.324. The van der Waals surface area contributed by atoms with Gasteiger partial charge in [-0.3, -0.25) is 0 Å². The second-order valence-electron chi connectivity index (χ2n) is 6.76. The van der Waals surface area contributed by atoms with Crippen molar-refractivity contribution in [1.82, 2.24) is 0 Å². The molecular formula is C19H21Cl. The van der Waals surface area contributed by atoms with Crippen LogP contribution in [0.25, 0.3) is 10.8 Å². The van der Waals surface area contributed by atoms with Gasteiger partial charge in [0.1, 0.15) is 0 Å². The first-order valence-corrected chi connectivity index (χ1v) is 8.30. The van der Waals surface area contributed by atoms with Gasteiger partial charge in [-0.25, -0.2) is 0 Å². The molecule has 1 heteroatoms. The largest absolute Gasteiger partial charge is 0.117 e. The molecule has 4 rings (SSSR count). The quantitative estimate of drug-likeness (QED) is 0.606. The predicted molar refractivity (Wildman–Crippen MR) is 86.2 cm³/mol. The van der Waals surface area contributed by atoms with Gasteiger partial charge in [0.2, 0.25) is 0 Å². The highest BCUT2D eigenvalue weighted by atomic mass is 35.5. The first kappa shape index (κ1) is 12.7. The molecule has 0 radical (unpaired) electrons. The first-order chi connectivity index (χ1) is 9.74. The Labute approximate surface area is 126 Å². The first-order valence-electron chi connectivity index (χ1n) is 7.86. The maximum absolute atomic E-state index is 6.94. The zero-order valence-corrected chi connectivity index (χ0v) is 12.7. The fourth-order valence-corrected chi connectivity index (χ4v) is 5.10. The topological polar surface area (TPSA) is 0 Å². The SMILES string of the molecule is Cc1ccc(C(Cl)C2CC3CCC2C3)c2ccccc12. The van der Waals surface area contributed by atoms with E-state index in [0.717, 1.165) is 11.8 Å².